The maximum Gasteiger partial charge on any atom is 0.224 e. The minimum atomic E-state index is -0.324. The van der Waals surface area contributed by atoms with E-state index in [4.69, 9.17) is 0 Å². The van der Waals surface area contributed by atoms with Crippen molar-refractivity contribution in [1.29, 1.82) is 0 Å². The van der Waals surface area contributed by atoms with Gasteiger partial charge >= 0.3 is 0 Å². The van der Waals surface area contributed by atoms with Gasteiger partial charge in [-0.3, -0.25) is 4.79 Å². The zero-order valence-electron chi connectivity index (χ0n) is 14.6. The largest absolute Gasteiger partial charge is 0.361 e. The smallest absolute Gasteiger partial charge is 0.224 e. The van der Waals surface area contributed by atoms with Crippen LogP contribution in [-0.4, -0.2) is 17.4 Å². The van der Waals surface area contributed by atoms with Gasteiger partial charge in [0, 0.05) is 34.4 Å². The number of amides is 1. The summed E-state index contributed by atoms with van der Waals surface area (Å²) < 4.78 is 13.3. The van der Waals surface area contributed by atoms with Gasteiger partial charge in [0.1, 0.15) is 5.82 Å². The maximum absolute atomic E-state index is 13.3. The molecule has 1 atom stereocenters. The van der Waals surface area contributed by atoms with Crippen LogP contribution in [0.15, 0.2) is 72.2 Å². The number of para-hydroxylation sites is 1. The lowest BCUT2D eigenvalue weighted by atomic mass is 9.96. The fraction of sp³-hybridized carbons (Fsp3) is 0.136. The second-order valence-electron chi connectivity index (χ2n) is 6.47. The lowest BCUT2D eigenvalue weighted by Crippen LogP contribution is -2.29. The number of H-pyrrole nitrogens is 1. The Morgan fingerprint density at radius 2 is 2.00 bits per heavy atom. The molecule has 4 rings (SSSR count). The summed E-state index contributed by atoms with van der Waals surface area (Å²) in [5, 5.41) is 6.23. The van der Waals surface area contributed by atoms with E-state index < -0.39 is 0 Å². The zero-order valence-corrected chi connectivity index (χ0v) is 15.4. The summed E-state index contributed by atoms with van der Waals surface area (Å²) in [5.41, 5.74) is 2.92. The van der Waals surface area contributed by atoms with E-state index in [1.165, 1.54) is 22.6 Å². The third kappa shape index (κ3) is 3.93. The van der Waals surface area contributed by atoms with Gasteiger partial charge in [-0.2, -0.15) is 0 Å². The molecule has 0 spiro atoms. The van der Waals surface area contributed by atoms with Gasteiger partial charge in [0.25, 0.3) is 0 Å². The maximum atomic E-state index is 13.3. The summed E-state index contributed by atoms with van der Waals surface area (Å²) in [6.45, 7) is 0.497. The molecular weight excluding hydrogens is 359 g/mol. The second-order valence-corrected chi connectivity index (χ2v) is 7.45. The van der Waals surface area contributed by atoms with Crippen LogP contribution in [-0.2, 0) is 11.2 Å². The van der Waals surface area contributed by atoms with Crippen molar-refractivity contribution in [3.63, 3.8) is 0 Å². The second kappa shape index (κ2) is 7.76. The summed E-state index contributed by atoms with van der Waals surface area (Å²) in [7, 11) is 0. The number of rotatable bonds is 6. The Hall–Kier alpha value is -2.92. The van der Waals surface area contributed by atoms with Crippen molar-refractivity contribution in [2.75, 3.05) is 6.54 Å². The van der Waals surface area contributed by atoms with Crippen LogP contribution in [0.5, 0.6) is 0 Å². The number of aromatic amines is 1. The molecule has 4 aromatic rings. The number of aromatic nitrogens is 1. The van der Waals surface area contributed by atoms with E-state index in [-0.39, 0.29) is 24.1 Å². The van der Waals surface area contributed by atoms with Crippen molar-refractivity contribution in [3.8, 4) is 0 Å². The first-order valence-electron chi connectivity index (χ1n) is 8.81. The summed E-state index contributed by atoms with van der Waals surface area (Å²) in [6.07, 6.45) is 2.19. The van der Waals surface area contributed by atoms with Crippen LogP contribution in [0.25, 0.3) is 10.9 Å². The molecule has 0 bridgehead atoms. The number of halogens is 1. The molecule has 0 saturated carbocycles. The highest BCUT2D eigenvalue weighted by Gasteiger charge is 2.20. The number of carbonyl (C=O) groups is 1. The quantitative estimate of drug-likeness (QED) is 0.494. The minimum Gasteiger partial charge on any atom is -0.361 e. The molecule has 2 N–H and O–H groups in total. The molecule has 2 aromatic heterocycles. The van der Waals surface area contributed by atoms with Gasteiger partial charge in [-0.1, -0.05) is 36.4 Å². The molecule has 0 fully saturated rings. The van der Waals surface area contributed by atoms with Gasteiger partial charge in [0.05, 0.1) is 6.42 Å². The van der Waals surface area contributed by atoms with Crippen LogP contribution in [0.4, 0.5) is 4.39 Å². The van der Waals surface area contributed by atoms with E-state index >= 15 is 0 Å². The molecule has 3 nitrogen and oxygen atoms in total. The first kappa shape index (κ1) is 17.5. The first-order chi connectivity index (χ1) is 13.2. The van der Waals surface area contributed by atoms with E-state index in [0.717, 1.165) is 10.9 Å². The standard InChI is InChI=1S/C22H19FN2OS/c23-16-6-3-5-15(11-16)12-22(26)25-14-19(21-9-4-10-27-21)18-13-24-20-8-2-1-7-17(18)20/h1-11,13,19,24H,12,14H2,(H,25,26)/t19-/m1/s1. The van der Waals surface area contributed by atoms with Crippen LogP contribution in [0.3, 0.4) is 0 Å². The normalized spacial score (nSPS) is 12.2. The van der Waals surface area contributed by atoms with Gasteiger partial charge in [0.15, 0.2) is 0 Å². The van der Waals surface area contributed by atoms with Crippen LogP contribution in [0.2, 0.25) is 0 Å². The summed E-state index contributed by atoms with van der Waals surface area (Å²) in [5.74, 6) is -0.366. The fourth-order valence-corrected chi connectivity index (χ4v) is 4.19. The van der Waals surface area contributed by atoms with Crippen LogP contribution < -0.4 is 5.32 Å². The van der Waals surface area contributed by atoms with E-state index in [2.05, 4.69) is 22.4 Å². The number of fused-ring (bicyclic) bond motifs is 1. The summed E-state index contributed by atoms with van der Waals surface area (Å²) in [6, 6.07) is 18.4. The van der Waals surface area contributed by atoms with E-state index in [9.17, 15) is 9.18 Å². The topological polar surface area (TPSA) is 44.9 Å². The van der Waals surface area contributed by atoms with Crippen molar-refractivity contribution in [2.45, 2.75) is 12.3 Å². The molecule has 0 unspecified atom stereocenters. The molecule has 136 valence electrons. The van der Waals surface area contributed by atoms with Crippen molar-refractivity contribution in [3.05, 3.63) is 94.1 Å². The molecule has 2 aromatic carbocycles. The predicted molar refractivity (Wildman–Crippen MR) is 108 cm³/mol. The van der Waals surface area contributed by atoms with E-state index in [0.29, 0.717) is 12.1 Å². The summed E-state index contributed by atoms with van der Waals surface area (Å²) in [4.78, 5) is 16.9. The lowest BCUT2D eigenvalue weighted by Gasteiger charge is -2.16. The molecule has 0 radical (unpaired) electrons. The number of hydrogen-bond acceptors (Lipinski definition) is 2. The molecule has 5 heteroatoms. The van der Waals surface area contributed by atoms with Crippen molar-refractivity contribution < 1.29 is 9.18 Å². The van der Waals surface area contributed by atoms with Crippen LogP contribution in [0.1, 0.15) is 21.9 Å². The van der Waals surface area contributed by atoms with Crippen molar-refractivity contribution in [1.82, 2.24) is 10.3 Å². The number of benzene rings is 2. The number of thiophene rings is 1. The molecule has 0 aliphatic carbocycles. The minimum absolute atomic E-state index is 0.0672. The molecular formula is C22H19FN2OS. The Morgan fingerprint density at radius 3 is 2.81 bits per heavy atom. The van der Waals surface area contributed by atoms with Crippen molar-refractivity contribution in [2.24, 2.45) is 0 Å². The fourth-order valence-electron chi connectivity index (χ4n) is 3.35. The average Bonchev–Trinajstić information content (AvgIpc) is 3.33. The highest BCUT2D eigenvalue weighted by atomic mass is 32.1. The van der Waals surface area contributed by atoms with E-state index in [1.54, 1.807) is 23.5 Å². The monoisotopic (exact) mass is 378 g/mol. The lowest BCUT2D eigenvalue weighted by molar-refractivity contribution is -0.120. The Balaban J connectivity index is 1.53. The van der Waals surface area contributed by atoms with Gasteiger partial charge < -0.3 is 10.3 Å². The third-order valence-electron chi connectivity index (χ3n) is 4.64. The Morgan fingerprint density at radius 1 is 1.11 bits per heavy atom. The summed E-state index contributed by atoms with van der Waals surface area (Å²) >= 11 is 1.68. The van der Waals surface area contributed by atoms with Crippen molar-refractivity contribution >= 4 is 28.1 Å². The van der Waals surface area contributed by atoms with Crippen LogP contribution in [0, 0.1) is 5.82 Å². The molecule has 0 aliphatic heterocycles. The Bertz CT molecular complexity index is 1060. The van der Waals surface area contributed by atoms with E-state index in [1.807, 2.05) is 35.8 Å². The zero-order chi connectivity index (χ0) is 18.6. The van der Waals surface area contributed by atoms with Gasteiger partial charge in [0.2, 0.25) is 5.91 Å². The molecule has 2 heterocycles. The number of nitrogens with one attached hydrogen (secondary N) is 2. The highest BCUT2D eigenvalue weighted by molar-refractivity contribution is 7.10. The van der Waals surface area contributed by atoms with Gasteiger partial charge in [-0.15, -0.1) is 11.3 Å². The number of hydrogen-bond donors (Lipinski definition) is 2. The predicted octanol–water partition coefficient (Wildman–Crippen LogP) is 4.86. The first-order valence-corrected chi connectivity index (χ1v) is 9.69. The van der Waals surface area contributed by atoms with Gasteiger partial charge in [-0.05, 0) is 40.8 Å². The Labute approximate surface area is 160 Å². The number of carbonyl (C=O) groups excluding carboxylic acids is 1. The molecule has 27 heavy (non-hydrogen) atoms. The highest BCUT2D eigenvalue weighted by Crippen LogP contribution is 2.32. The third-order valence-corrected chi connectivity index (χ3v) is 5.63. The van der Waals surface area contributed by atoms with Crippen LogP contribution >= 0.6 is 11.3 Å². The molecule has 1 amide bonds. The molecule has 0 saturated heterocycles. The molecule has 0 aliphatic rings. The average molecular weight is 378 g/mol. The SMILES string of the molecule is O=C(Cc1cccc(F)c1)NC[C@@H](c1cccs1)c1c[nH]c2ccccc12. The van der Waals surface area contributed by atoms with Gasteiger partial charge in [-0.25, -0.2) is 4.39 Å². The Kier molecular flexibility index (Phi) is 5.03.